The predicted octanol–water partition coefficient (Wildman–Crippen LogP) is 14.3. The molecule has 0 amide bonds. The molecule has 0 saturated carbocycles. The maximum atomic E-state index is 12.7. The van der Waals surface area contributed by atoms with E-state index in [0.29, 0.717) is 19.3 Å². The van der Waals surface area contributed by atoms with E-state index in [9.17, 15) is 14.4 Å². The summed E-state index contributed by atoms with van der Waals surface area (Å²) in [5, 5.41) is 0. The fraction of sp³-hybridized carbons (Fsp3) is 0.935. The maximum Gasteiger partial charge on any atom is 0.306 e. The second-order valence-electron chi connectivity index (χ2n) is 16.2. The van der Waals surface area contributed by atoms with Gasteiger partial charge in [-0.05, 0) is 25.2 Å². The number of hydrogen-bond acceptors (Lipinski definition) is 6. The highest BCUT2D eigenvalue weighted by molar-refractivity contribution is 5.71. The minimum atomic E-state index is -0.759. The third-order valence-corrected chi connectivity index (χ3v) is 10.3. The molecule has 52 heavy (non-hydrogen) atoms. The van der Waals surface area contributed by atoms with Crippen molar-refractivity contribution in [2.24, 2.45) is 5.92 Å². The largest absolute Gasteiger partial charge is 0.462 e. The molecule has 0 fully saturated rings. The van der Waals surface area contributed by atoms with Gasteiger partial charge in [-0.15, -0.1) is 0 Å². The summed E-state index contributed by atoms with van der Waals surface area (Å²) in [6.07, 6.45) is 39.4. The Morgan fingerprint density at radius 3 is 0.942 bits per heavy atom. The Kier molecular flexibility index (Phi) is 39.4. The summed E-state index contributed by atoms with van der Waals surface area (Å²) in [6, 6.07) is 0. The average Bonchev–Trinajstić information content (AvgIpc) is 3.12. The van der Waals surface area contributed by atoms with Crippen molar-refractivity contribution in [2.45, 2.75) is 259 Å². The van der Waals surface area contributed by atoms with Crippen molar-refractivity contribution < 1.29 is 28.6 Å². The lowest BCUT2D eigenvalue weighted by Crippen LogP contribution is -2.30. The lowest BCUT2D eigenvalue weighted by molar-refractivity contribution is -0.167. The zero-order chi connectivity index (χ0) is 38.2. The van der Waals surface area contributed by atoms with Gasteiger partial charge in [0.2, 0.25) is 0 Å². The van der Waals surface area contributed by atoms with E-state index >= 15 is 0 Å². The maximum absolute atomic E-state index is 12.7. The Labute approximate surface area is 323 Å². The molecule has 0 aliphatic rings. The lowest BCUT2D eigenvalue weighted by atomic mass is 10.0. The lowest BCUT2D eigenvalue weighted by Gasteiger charge is -2.18. The van der Waals surface area contributed by atoms with E-state index in [1.807, 2.05) is 0 Å². The van der Waals surface area contributed by atoms with Crippen LogP contribution in [0.1, 0.15) is 252 Å². The fourth-order valence-electron chi connectivity index (χ4n) is 6.80. The summed E-state index contributed by atoms with van der Waals surface area (Å²) in [5.74, 6) is -0.0499. The summed E-state index contributed by atoms with van der Waals surface area (Å²) in [6.45, 7) is 8.96. The average molecular weight is 737 g/mol. The standard InChI is InChI=1S/C46H88O6/c1-5-7-9-11-13-15-17-18-22-26-30-34-38-45(48)51-41-43(40-50-44(47)37-33-29-25-21-16-14-12-10-8-6-2)52-46(49)39-35-31-27-23-19-20-24-28-32-36-42(3)4/h42-43H,5-41H2,1-4H3/t43-/m1/s1. The highest BCUT2D eigenvalue weighted by atomic mass is 16.6. The molecule has 0 radical (unpaired) electrons. The molecule has 0 aliphatic heterocycles. The van der Waals surface area contributed by atoms with E-state index in [0.717, 1.165) is 63.7 Å². The van der Waals surface area contributed by atoms with Crippen LogP contribution < -0.4 is 0 Å². The number of unbranched alkanes of at least 4 members (excludes halogenated alkanes) is 28. The highest BCUT2D eigenvalue weighted by Crippen LogP contribution is 2.16. The van der Waals surface area contributed by atoms with Crippen molar-refractivity contribution in [2.75, 3.05) is 13.2 Å². The van der Waals surface area contributed by atoms with Crippen LogP contribution in [0.4, 0.5) is 0 Å². The first kappa shape index (κ1) is 50.4. The Bertz CT molecular complexity index is 781. The molecule has 0 aromatic heterocycles. The molecule has 6 heteroatoms. The van der Waals surface area contributed by atoms with Gasteiger partial charge in [0.25, 0.3) is 0 Å². The normalized spacial score (nSPS) is 11.9. The molecule has 0 heterocycles. The summed E-state index contributed by atoms with van der Waals surface area (Å²) < 4.78 is 16.7. The van der Waals surface area contributed by atoms with Crippen LogP contribution in [-0.4, -0.2) is 37.2 Å². The third kappa shape index (κ3) is 39.6. The van der Waals surface area contributed by atoms with Crippen LogP contribution in [0, 0.1) is 5.92 Å². The van der Waals surface area contributed by atoms with Crippen LogP contribution in [0.15, 0.2) is 0 Å². The molecule has 0 aromatic carbocycles. The van der Waals surface area contributed by atoms with E-state index < -0.39 is 6.10 Å². The predicted molar refractivity (Wildman–Crippen MR) is 220 cm³/mol. The summed E-state index contributed by atoms with van der Waals surface area (Å²) in [5.41, 5.74) is 0. The van der Waals surface area contributed by atoms with E-state index in [2.05, 4.69) is 27.7 Å². The molecule has 0 rings (SSSR count). The Hall–Kier alpha value is -1.59. The van der Waals surface area contributed by atoms with Gasteiger partial charge in [0.15, 0.2) is 6.10 Å². The summed E-state index contributed by atoms with van der Waals surface area (Å²) >= 11 is 0. The summed E-state index contributed by atoms with van der Waals surface area (Å²) in [7, 11) is 0. The topological polar surface area (TPSA) is 78.9 Å². The highest BCUT2D eigenvalue weighted by Gasteiger charge is 2.19. The molecule has 308 valence electrons. The van der Waals surface area contributed by atoms with Crippen molar-refractivity contribution in [1.29, 1.82) is 0 Å². The SMILES string of the molecule is CCCCCCCCCCCCCCC(=O)OC[C@@H](COC(=O)CCCCCCCCCCCC)OC(=O)CCCCCCCCCCCC(C)C. The minimum absolute atomic E-state index is 0.0640. The number of rotatable bonds is 41. The van der Waals surface area contributed by atoms with Crippen LogP contribution in [0.2, 0.25) is 0 Å². The first-order valence-electron chi connectivity index (χ1n) is 22.9. The van der Waals surface area contributed by atoms with E-state index in [1.54, 1.807) is 0 Å². The number of esters is 3. The van der Waals surface area contributed by atoms with Crippen LogP contribution in [-0.2, 0) is 28.6 Å². The first-order chi connectivity index (χ1) is 25.4. The monoisotopic (exact) mass is 737 g/mol. The van der Waals surface area contributed by atoms with Gasteiger partial charge in [-0.25, -0.2) is 0 Å². The molecule has 1 atom stereocenters. The number of carbonyl (C=O) groups is 3. The van der Waals surface area contributed by atoms with Crippen molar-refractivity contribution in [3.8, 4) is 0 Å². The molecule has 0 bridgehead atoms. The number of hydrogen-bond donors (Lipinski definition) is 0. The second-order valence-corrected chi connectivity index (χ2v) is 16.2. The molecular weight excluding hydrogens is 648 g/mol. The Morgan fingerprint density at radius 2 is 0.635 bits per heavy atom. The molecule has 6 nitrogen and oxygen atoms in total. The molecule has 0 saturated heterocycles. The van der Waals surface area contributed by atoms with Crippen molar-refractivity contribution >= 4 is 17.9 Å². The van der Waals surface area contributed by atoms with Gasteiger partial charge in [-0.1, -0.05) is 214 Å². The quantitative estimate of drug-likeness (QED) is 0.0353. The van der Waals surface area contributed by atoms with E-state index in [1.165, 1.54) is 148 Å². The summed E-state index contributed by atoms with van der Waals surface area (Å²) in [4.78, 5) is 37.7. The second kappa shape index (κ2) is 40.6. The van der Waals surface area contributed by atoms with Gasteiger partial charge in [0.1, 0.15) is 13.2 Å². The molecule has 0 unspecified atom stereocenters. The van der Waals surface area contributed by atoms with Crippen molar-refractivity contribution in [3.05, 3.63) is 0 Å². The first-order valence-corrected chi connectivity index (χ1v) is 22.9. The zero-order valence-electron chi connectivity index (χ0n) is 35.3. The zero-order valence-corrected chi connectivity index (χ0v) is 35.3. The molecule has 0 N–H and O–H groups in total. The van der Waals surface area contributed by atoms with Gasteiger partial charge >= 0.3 is 17.9 Å². The van der Waals surface area contributed by atoms with Gasteiger partial charge < -0.3 is 14.2 Å². The third-order valence-electron chi connectivity index (χ3n) is 10.3. The molecular formula is C46H88O6. The smallest absolute Gasteiger partial charge is 0.306 e. The van der Waals surface area contributed by atoms with Crippen LogP contribution >= 0.6 is 0 Å². The minimum Gasteiger partial charge on any atom is -0.462 e. The van der Waals surface area contributed by atoms with E-state index in [-0.39, 0.29) is 31.1 Å². The van der Waals surface area contributed by atoms with Gasteiger partial charge in [-0.2, -0.15) is 0 Å². The van der Waals surface area contributed by atoms with Crippen LogP contribution in [0.5, 0.6) is 0 Å². The molecule has 0 aliphatic carbocycles. The fourth-order valence-corrected chi connectivity index (χ4v) is 6.80. The molecule has 0 aromatic rings. The van der Waals surface area contributed by atoms with Gasteiger partial charge in [-0.3, -0.25) is 14.4 Å². The van der Waals surface area contributed by atoms with Crippen molar-refractivity contribution in [3.63, 3.8) is 0 Å². The Morgan fingerprint density at radius 1 is 0.365 bits per heavy atom. The Balaban J connectivity index is 4.33. The van der Waals surface area contributed by atoms with Crippen LogP contribution in [0.3, 0.4) is 0 Å². The van der Waals surface area contributed by atoms with E-state index in [4.69, 9.17) is 14.2 Å². The molecule has 0 spiro atoms. The van der Waals surface area contributed by atoms with Gasteiger partial charge in [0, 0.05) is 19.3 Å². The number of carbonyl (C=O) groups excluding carboxylic acids is 3. The van der Waals surface area contributed by atoms with Crippen LogP contribution in [0.25, 0.3) is 0 Å². The van der Waals surface area contributed by atoms with Crippen molar-refractivity contribution in [1.82, 2.24) is 0 Å². The number of ether oxygens (including phenoxy) is 3. The van der Waals surface area contributed by atoms with Gasteiger partial charge in [0.05, 0.1) is 0 Å².